The van der Waals surface area contributed by atoms with Crippen molar-refractivity contribution in [1.82, 2.24) is 0 Å². The van der Waals surface area contributed by atoms with Gasteiger partial charge in [0.2, 0.25) is 0 Å². The molecule has 0 atom stereocenters. The zero-order valence-electron chi connectivity index (χ0n) is 10.7. The Kier molecular flexibility index (Phi) is 2.49. The number of ether oxygens (including phenoxy) is 1. The fraction of sp³-hybridized carbons (Fsp3) is 0.125. The molecule has 0 bridgehead atoms. The van der Waals surface area contributed by atoms with E-state index in [1.54, 1.807) is 50.4 Å². The second kappa shape index (κ2) is 4.05. The van der Waals surface area contributed by atoms with Gasteiger partial charge in [0.05, 0.1) is 7.11 Å². The van der Waals surface area contributed by atoms with E-state index in [1.165, 1.54) is 0 Å². The highest BCUT2D eigenvalue weighted by atomic mass is 16.5. The number of hydrogen-bond donors (Lipinski definition) is 0. The van der Waals surface area contributed by atoms with Crippen LogP contribution in [0.2, 0.25) is 0 Å². The third kappa shape index (κ3) is 1.51. The molecule has 3 nitrogen and oxygen atoms in total. The van der Waals surface area contributed by atoms with E-state index in [-0.39, 0.29) is 11.6 Å². The van der Waals surface area contributed by atoms with Gasteiger partial charge in [0, 0.05) is 27.8 Å². The molecule has 2 aromatic carbocycles. The van der Waals surface area contributed by atoms with Gasteiger partial charge in [-0.05, 0) is 19.1 Å². The minimum Gasteiger partial charge on any atom is -0.496 e. The second-order valence-corrected chi connectivity index (χ2v) is 4.52. The number of fused-ring (bicyclic) bond motifs is 2. The fourth-order valence-corrected chi connectivity index (χ4v) is 2.55. The average molecular weight is 252 g/mol. The number of methoxy groups -OCH3 is 1. The number of ketones is 2. The Bertz CT molecular complexity index is 714. The molecule has 1 aliphatic carbocycles. The van der Waals surface area contributed by atoms with E-state index in [2.05, 4.69) is 0 Å². The van der Waals surface area contributed by atoms with Gasteiger partial charge in [-0.2, -0.15) is 0 Å². The lowest BCUT2D eigenvalue weighted by Crippen LogP contribution is -2.22. The van der Waals surface area contributed by atoms with Crippen LogP contribution in [0.15, 0.2) is 36.4 Å². The molecule has 3 rings (SSSR count). The van der Waals surface area contributed by atoms with Gasteiger partial charge in [0.1, 0.15) is 5.75 Å². The zero-order chi connectivity index (χ0) is 13.6. The molecule has 0 aliphatic heterocycles. The SMILES string of the molecule is COc1ccc2c(c1C)C(=O)c1ccccc1C2=O. The van der Waals surface area contributed by atoms with Gasteiger partial charge in [0.25, 0.3) is 0 Å². The Balaban J connectivity index is 2.33. The summed E-state index contributed by atoms with van der Waals surface area (Å²) in [6.07, 6.45) is 0. The summed E-state index contributed by atoms with van der Waals surface area (Å²) in [6.45, 7) is 1.80. The van der Waals surface area contributed by atoms with Crippen LogP contribution < -0.4 is 4.74 Å². The van der Waals surface area contributed by atoms with Crippen molar-refractivity contribution in [3.63, 3.8) is 0 Å². The van der Waals surface area contributed by atoms with Crippen LogP contribution in [0.25, 0.3) is 0 Å². The minimum atomic E-state index is -0.110. The number of rotatable bonds is 1. The van der Waals surface area contributed by atoms with Gasteiger partial charge in [-0.3, -0.25) is 9.59 Å². The molecule has 0 heterocycles. The molecule has 0 N–H and O–H groups in total. The lowest BCUT2D eigenvalue weighted by molar-refractivity contribution is 0.0978. The summed E-state index contributed by atoms with van der Waals surface area (Å²) in [6, 6.07) is 10.3. The quantitative estimate of drug-likeness (QED) is 0.669. The smallest absolute Gasteiger partial charge is 0.194 e. The predicted molar refractivity (Wildman–Crippen MR) is 71.0 cm³/mol. The molecule has 0 radical (unpaired) electrons. The highest BCUT2D eigenvalue weighted by Gasteiger charge is 2.31. The lowest BCUT2D eigenvalue weighted by atomic mass is 9.82. The Morgan fingerprint density at radius 3 is 2.11 bits per heavy atom. The molecule has 0 amide bonds. The Morgan fingerprint density at radius 1 is 0.842 bits per heavy atom. The topological polar surface area (TPSA) is 43.4 Å². The zero-order valence-corrected chi connectivity index (χ0v) is 10.7. The van der Waals surface area contributed by atoms with Crippen molar-refractivity contribution in [2.45, 2.75) is 6.92 Å². The third-order valence-electron chi connectivity index (χ3n) is 3.52. The van der Waals surface area contributed by atoms with Gasteiger partial charge in [-0.1, -0.05) is 24.3 Å². The largest absolute Gasteiger partial charge is 0.496 e. The summed E-state index contributed by atoms with van der Waals surface area (Å²) in [4.78, 5) is 24.9. The molecule has 0 saturated heterocycles. The van der Waals surface area contributed by atoms with Crippen LogP contribution in [0.3, 0.4) is 0 Å². The van der Waals surface area contributed by atoms with Crippen LogP contribution >= 0.6 is 0 Å². The van der Waals surface area contributed by atoms with Gasteiger partial charge < -0.3 is 4.74 Å². The van der Waals surface area contributed by atoms with Gasteiger partial charge >= 0.3 is 0 Å². The highest BCUT2D eigenvalue weighted by Crippen LogP contribution is 2.33. The minimum absolute atomic E-state index is 0.101. The van der Waals surface area contributed by atoms with E-state index < -0.39 is 0 Å². The summed E-state index contributed by atoms with van der Waals surface area (Å²) in [7, 11) is 1.55. The summed E-state index contributed by atoms with van der Waals surface area (Å²) in [5.74, 6) is 0.414. The summed E-state index contributed by atoms with van der Waals surface area (Å²) in [5.41, 5.74) is 2.58. The van der Waals surface area contributed by atoms with Crippen LogP contribution in [0.1, 0.15) is 37.4 Å². The number of benzene rings is 2. The summed E-state index contributed by atoms with van der Waals surface area (Å²) in [5, 5.41) is 0. The van der Waals surface area contributed by atoms with Crippen molar-refractivity contribution in [2.24, 2.45) is 0 Å². The molecule has 94 valence electrons. The van der Waals surface area contributed by atoms with Gasteiger partial charge in [-0.25, -0.2) is 0 Å². The molecule has 1 aliphatic rings. The molecule has 2 aromatic rings. The Hall–Kier alpha value is -2.42. The third-order valence-corrected chi connectivity index (χ3v) is 3.52. The molecule has 0 saturated carbocycles. The molecular weight excluding hydrogens is 240 g/mol. The standard InChI is InChI=1S/C16H12O3/c1-9-13(19-2)8-7-12-14(9)16(18)11-6-4-3-5-10(11)15(12)17/h3-8H,1-2H3. The van der Waals surface area contributed by atoms with Crippen LogP contribution in [-0.4, -0.2) is 18.7 Å². The average Bonchev–Trinajstić information content (AvgIpc) is 2.44. The van der Waals surface area contributed by atoms with Crippen molar-refractivity contribution < 1.29 is 14.3 Å². The van der Waals surface area contributed by atoms with Gasteiger partial charge in [0.15, 0.2) is 11.6 Å². The molecule has 0 aromatic heterocycles. The molecular formula is C16H12O3. The van der Waals surface area contributed by atoms with Gasteiger partial charge in [-0.15, -0.1) is 0 Å². The molecule has 19 heavy (non-hydrogen) atoms. The number of carbonyl (C=O) groups excluding carboxylic acids is 2. The summed E-state index contributed by atoms with van der Waals surface area (Å²) >= 11 is 0. The maximum absolute atomic E-state index is 12.5. The van der Waals surface area contributed by atoms with Crippen LogP contribution in [0.4, 0.5) is 0 Å². The Morgan fingerprint density at radius 2 is 1.47 bits per heavy atom. The van der Waals surface area contributed by atoms with Crippen molar-refractivity contribution in [1.29, 1.82) is 0 Å². The molecule has 3 heteroatoms. The van der Waals surface area contributed by atoms with Crippen LogP contribution in [0, 0.1) is 6.92 Å². The highest BCUT2D eigenvalue weighted by molar-refractivity contribution is 6.29. The lowest BCUT2D eigenvalue weighted by Gasteiger charge is -2.20. The normalized spacial score (nSPS) is 12.9. The molecule has 0 spiro atoms. The fourth-order valence-electron chi connectivity index (χ4n) is 2.55. The first-order valence-corrected chi connectivity index (χ1v) is 6.01. The van der Waals surface area contributed by atoms with E-state index in [9.17, 15) is 9.59 Å². The first-order chi connectivity index (χ1) is 9.15. The molecule has 0 fully saturated rings. The predicted octanol–water partition coefficient (Wildman–Crippen LogP) is 2.78. The number of hydrogen-bond acceptors (Lipinski definition) is 3. The maximum Gasteiger partial charge on any atom is 0.194 e. The van der Waals surface area contributed by atoms with Crippen molar-refractivity contribution in [3.05, 3.63) is 64.2 Å². The van der Waals surface area contributed by atoms with E-state index in [0.29, 0.717) is 33.6 Å². The second-order valence-electron chi connectivity index (χ2n) is 4.52. The van der Waals surface area contributed by atoms with E-state index in [0.717, 1.165) is 0 Å². The first kappa shape index (κ1) is 11.7. The van der Waals surface area contributed by atoms with Crippen molar-refractivity contribution in [2.75, 3.05) is 7.11 Å². The van der Waals surface area contributed by atoms with Crippen LogP contribution in [-0.2, 0) is 0 Å². The Labute approximate surface area is 110 Å². The first-order valence-electron chi connectivity index (χ1n) is 6.01. The monoisotopic (exact) mass is 252 g/mol. The summed E-state index contributed by atoms with van der Waals surface area (Å²) < 4.78 is 5.22. The number of carbonyl (C=O) groups is 2. The van der Waals surface area contributed by atoms with E-state index >= 15 is 0 Å². The van der Waals surface area contributed by atoms with Crippen molar-refractivity contribution in [3.8, 4) is 5.75 Å². The maximum atomic E-state index is 12.5. The van der Waals surface area contributed by atoms with Crippen LogP contribution in [0.5, 0.6) is 5.75 Å². The van der Waals surface area contributed by atoms with E-state index in [4.69, 9.17) is 4.74 Å². The van der Waals surface area contributed by atoms with E-state index in [1.807, 2.05) is 0 Å². The van der Waals surface area contributed by atoms with Crippen molar-refractivity contribution >= 4 is 11.6 Å². The molecule has 0 unspecified atom stereocenters.